The van der Waals surface area contributed by atoms with Gasteiger partial charge in [-0.05, 0) is 38.3 Å². The first-order valence-electron chi connectivity index (χ1n) is 7.91. The molecule has 0 bridgehead atoms. The monoisotopic (exact) mass is 290 g/mol. The highest BCUT2D eigenvalue weighted by Crippen LogP contribution is 2.17. The lowest BCUT2D eigenvalue weighted by atomic mass is 10.2. The van der Waals surface area contributed by atoms with Crippen molar-refractivity contribution in [2.45, 2.75) is 45.1 Å². The summed E-state index contributed by atoms with van der Waals surface area (Å²) in [5.74, 6) is 0.898. The van der Waals surface area contributed by atoms with E-state index in [1.807, 2.05) is 19.1 Å². The molecule has 1 atom stereocenters. The maximum atomic E-state index is 12.0. The lowest BCUT2D eigenvalue weighted by molar-refractivity contribution is 0.0952. The van der Waals surface area contributed by atoms with Crippen LogP contribution in [0, 0.1) is 0 Å². The Morgan fingerprint density at radius 3 is 2.62 bits per heavy atom. The minimum absolute atomic E-state index is 0.0782. The Kier molecular flexibility index (Phi) is 5.99. The van der Waals surface area contributed by atoms with Gasteiger partial charge in [0.2, 0.25) is 0 Å². The highest BCUT2D eigenvalue weighted by Gasteiger charge is 2.12. The maximum absolute atomic E-state index is 12.0. The van der Waals surface area contributed by atoms with Crippen molar-refractivity contribution in [1.29, 1.82) is 0 Å². The number of hydrogen-bond acceptors (Lipinski definition) is 4. The van der Waals surface area contributed by atoms with Crippen molar-refractivity contribution in [3.05, 3.63) is 23.9 Å². The summed E-state index contributed by atoms with van der Waals surface area (Å²) in [5.41, 5.74) is 6.27. The predicted octanol–water partition coefficient (Wildman–Crippen LogP) is 1.93. The number of amides is 1. The number of nitrogens with zero attached hydrogens (tertiary/aromatic N) is 2. The zero-order valence-corrected chi connectivity index (χ0v) is 12.8. The van der Waals surface area contributed by atoms with E-state index < -0.39 is 0 Å². The Bertz CT molecular complexity index is 436. The van der Waals surface area contributed by atoms with E-state index in [0.29, 0.717) is 12.1 Å². The van der Waals surface area contributed by atoms with Gasteiger partial charge in [-0.3, -0.25) is 4.79 Å². The summed E-state index contributed by atoms with van der Waals surface area (Å²) in [6.45, 7) is 4.66. The third-order valence-electron chi connectivity index (χ3n) is 3.83. The maximum Gasteiger partial charge on any atom is 0.252 e. The highest BCUT2D eigenvalue weighted by molar-refractivity contribution is 5.94. The molecule has 1 unspecified atom stereocenters. The minimum atomic E-state index is -0.0782. The number of aromatic nitrogens is 1. The highest BCUT2D eigenvalue weighted by atomic mass is 16.1. The molecule has 1 aromatic rings. The molecule has 2 heterocycles. The molecule has 1 fully saturated rings. The Hall–Kier alpha value is -1.62. The van der Waals surface area contributed by atoms with E-state index in [2.05, 4.69) is 15.2 Å². The van der Waals surface area contributed by atoms with Gasteiger partial charge in [-0.2, -0.15) is 0 Å². The van der Waals surface area contributed by atoms with Crippen LogP contribution in [0.5, 0.6) is 0 Å². The molecule has 3 N–H and O–H groups in total. The summed E-state index contributed by atoms with van der Waals surface area (Å²) < 4.78 is 0. The van der Waals surface area contributed by atoms with Crippen molar-refractivity contribution < 1.29 is 4.79 Å². The summed E-state index contributed by atoms with van der Waals surface area (Å²) in [5, 5.41) is 2.87. The Balaban J connectivity index is 1.90. The number of carbonyl (C=O) groups excluding carboxylic acids is 1. The number of pyridine rings is 1. The van der Waals surface area contributed by atoms with Crippen molar-refractivity contribution in [1.82, 2.24) is 10.3 Å². The third-order valence-corrected chi connectivity index (χ3v) is 3.83. The van der Waals surface area contributed by atoms with E-state index in [4.69, 9.17) is 5.73 Å². The quantitative estimate of drug-likeness (QED) is 0.869. The SMILES string of the molecule is CC(N)CCNC(=O)c1ccc(N2CCCCCC2)nc1. The van der Waals surface area contributed by atoms with E-state index in [1.54, 1.807) is 6.20 Å². The van der Waals surface area contributed by atoms with Gasteiger partial charge in [0.05, 0.1) is 5.56 Å². The Morgan fingerprint density at radius 1 is 1.33 bits per heavy atom. The van der Waals surface area contributed by atoms with Crippen molar-refractivity contribution in [2.24, 2.45) is 5.73 Å². The van der Waals surface area contributed by atoms with Crippen LogP contribution in [0.4, 0.5) is 5.82 Å². The minimum Gasteiger partial charge on any atom is -0.357 e. The summed E-state index contributed by atoms with van der Waals surface area (Å²) in [6, 6.07) is 3.91. The van der Waals surface area contributed by atoms with Crippen LogP contribution in [0.15, 0.2) is 18.3 Å². The number of nitrogens with one attached hydrogen (secondary N) is 1. The Labute approximate surface area is 126 Å². The summed E-state index contributed by atoms with van der Waals surface area (Å²) in [7, 11) is 0. The molecule has 1 aliphatic rings. The molecular formula is C16H26N4O. The van der Waals surface area contributed by atoms with Crippen LogP contribution >= 0.6 is 0 Å². The molecule has 0 radical (unpaired) electrons. The molecule has 5 nitrogen and oxygen atoms in total. The van der Waals surface area contributed by atoms with Crippen LogP contribution in [0.3, 0.4) is 0 Å². The van der Waals surface area contributed by atoms with Crippen LogP contribution in [-0.4, -0.2) is 36.6 Å². The first kappa shape index (κ1) is 15.8. The van der Waals surface area contributed by atoms with E-state index in [1.165, 1.54) is 25.7 Å². The second-order valence-corrected chi connectivity index (χ2v) is 5.83. The van der Waals surface area contributed by atoms with Crippen molar-refractivity contribution in [3.8, 4) is 0 Å². The van der Waals surface area contributed by atoms with Gasteiger partial charge in [-0.15, -0.1) is 0 Å². The van der Waals surface area contributed by atoms with E-state index in [0.717, 1.165) is 25.3 Å². The van der Waals surface area contributed by atoms with Gasteiger partial charge in [0.25, 0.3) is 5.91 Å². The zero-order chi connectivity index (χ0) is 15.1. The summed E-state index contributed by atoms with van der Waals surface area (Å²) >= 11 is 0. The van der Waals surface area contributed by atoms with Crippen LogP contribution < -0.4 is 16.0 Å². The first-order valence-corrected chi connectivity index (χ1v) is 7.91. The van der Waals surface area contributed by atoms with Crippen molar-refractivity contribution >= 4 is 11.7 Å². The molecule has 2 rings (SSSR count). The third kappa shape index (κ3) is 5.01. The lowest BCUT2D eigenvalue weighted by Gasteiger charge is -2.21. The summed E-state index contributed by atoms with van der Waals surface area (Å²) in [6.07, 6.45) is 7.50. The molecule has 0 saturated carbocycles. The van der Waals surface area contributed by atoms with Crippen LogP contribution in [0.25, 0.3) is 0 Å². The fourth-order valence-corrected chi connectivity index (χ4v) is 2.52. The molecule has 1 amide bonds. The molecule has 1 aliphatic heterocycles. The van der Waals surface area contributed by atoms with Crippen molar-refractivity contribution in [2.75, 3.05) is 24.5 Å². The molecule has 1 saturated heterocycles. The molecule has 0 aromatic carbocycles. The molecular weight excluding hydrogens is 264 g/mol. The second-order valence-electron chi connectivity index (χ2n) is 5.83. The van der Waals surface area contributed by atoms with Gasteiger partial charge < -0.3 is 16.0 Å². The number of anilines is 1. The molecule has 116 valence electrons. The molecule has 0 aliphatic carbocycles. The van der Waals surface area contributed by atoms with Gasteiger partial charge in [0.15, 0.2) is 0 Å². The number of rotatable bonds is 5. The second kappa shape index (κ2) is 7.98. The van der Waals surface area contributed by atoms with Gasteiger partial charge in [0, 0.05) is 31.9 Å². The van der Waals surface area contributed by atoms with Gasteiger partial charge in [0.1, 0.15) is 5.82 Å². The van der Waals surface area contributed by atoms with E-state index in [-0.39, 0.29) is 11.9 Å². The predicted molar refractivity (Wildman–Crippen MR) is 85.5 cm³/mol. The van der Waals surface area contributed by atoms with Gasteiger partial charge in [-0.25, -0.2) is 4.98 Å². The number of carbonyl (C=O) groups is 1. The topological polar surface area (TPSA) is 71.2 Å². The van der Waals surface area contributed by atoms with E-state index >= 15 is 0 Å². The fourth-order valence-electron chi connectivity index (χ4n) is 2.52. The number of hydrogen-bond donors (Lipinski definition) is 2. The fraction of sp³-hybridized carbons (Fsp3) is 0.625. The van der Waals surface area contributed by atoms with Crippen LogP contribution in [0.1, 0.15) is 49.4 Å². The largest absolute Gasteiger partial charge is 0.357 e. The van der Waals surface area contributed by atoms with Crippen LogP contribution in [0.2, 0.25) is 0 Å². The average Bonchev–Trinajstić information content (AvgIpc) is 2.76. The molecule has 21 heavy (non-hydrogen) atoms. The zero-order valence-electron chi connectivity index (χ0n) is 12.8. The van der Waals surface area contributed by atoms with Gasteiger partial charge in [-0.1, -0.05) is 12.8 Å². The normalized spacial score (nSPS) is 17.1. The average molecular weight is 290 g/mol. The Morgan fingerprint density at radius 2 is 2.05 bits per heavy atom. The van der Waals surface area contributed by atoms with Gasteiger partial charge >= 0.3 is 0 Å². The number of nitrogens with two attached hydrogens (primary N) is 1. The summed E-state index contributed by atoms with van der Waals surface area (Å²) in [4.78, 5) is 18.7. The standard InChI is InChI=1S/C16H26N4O/c1-13(17)8-9-18-16(21)14-6-7-15(19-12-14)20-10-4-2-3-5-11-20/h6-7,12-13H,2-5,8-11,17H2,1H3,(H,18,21). The van der Waals surface area contributed by atoms with Crippen LogP contribution in [-0.2, 0) is 0 Å². The smallest absolute Gasteiger partial charge is 0.252 e. The van der Waals surface area contributed by atoms with E-state index in [9.17, 15) is 4.79 Å². The lowest BCUT2D eigenvalue weighted by Crippen LogP contribution is -2.29. The first-order chi connectivity index (χ1) is 10.2. The molecule has 0 spiro atoms. The molecule has 5 heteroatoms. The van der Waals surface area contributed by atoms with Crippen molar-refractivity contribution in [3.63, 3.8) is 0 Å². The molecule has 1 aromatic heterocycles.